The predicted octanol–water partition coefficient (Wildman–Crippen LogP) is 4.07. The molecule has 5 aliphatic rings. The minimum Gasteiger partial charge on any atom is -0.361 e. The van der Waals surface area contributed by atoms with Crippen LogP contribution in [-0.4, -0.2) is 30.3 Å². The van der Waals surface area contributed by atoms with Crippen LogP contribution in [-0.2, 0) is 4.79 Å². The van der Waals surface area contributed by atoms with Gasteiger partial charge in [0.05, 0.1) is 12.2 Å². The summed E-state index contributed by atoms with van der Waals surface area (Å²) >= 11 is 1.92. The summed E-state index contributed by atoms with van der Waals surface area (Å²) in [6, 6.07) is 8.56. The maximum Gasteiger partial charge on any atom is 0.239 e. The van der Waals surface area contributed by atoms with E-state index in [0.717, 1.165) is 36.5 Å². The normalized spacial score (nSPS) is 36.0. The van der Waals surface area contributed by atoms with Gasteiger partial charge in [-0.1, -0.05) is 12.1 Å². The standard InChI is InChI=1S/C21H28N2OS/c24-20(14-23-6-3-7-25-19-5-2-1-4-18(19)23)22-21-11-15-8-16(12-21)10-17(9-15)13-21/h1-2,4-5,15-17H,3,6-14H2,(H,22,24). The lowest BCUT2D eigenvalue weighted by Crippen LogP contribution is -2.61. The number of hydrogen-bond donors (Lipinski definition) is 1. The number of nitrogens with one attached hydrogen (secondary N) is 1. The van der Waals surface area contributed by atoms with Crippen molar-refractivity contribution >= 4 is 23.4 Å². The van der Waals surface area contributed by atoms with Gasteiger partial charge in [-0.2, -0.15) is 0 Å². The average molecular weight is 357 g/mol. The number of carbonyl (C=O) groups is 1. The van der Waals surface area contributed by atoms with Crippen LogP contribution in [0.5, 0.6) is 0 Å². The molecule has 0 aromatic heterocycles. The highest BCUT2D eigenvalue weighted by Gasteiger charge is 2.51. The monoisotopic (exact) mass is 356 g/mol. The number of para-hydroxylation sites is 1. The van der Waals surface area contributed by atoms with Crippen LogP contribution >= 0.6 is 11.8 Å². The van der Waals surface area contributed by atoms with E-state index in [1.165, 1.54) is 49.1 Å². The Bertz CT molecular complexity index is 638. The predicted molar refractivity (Wildman–Crippen MR) is 103 cm³/mol. The number of amides is 1. The maximum atomic E-state index is 13.0. The molecule has 4 bridgehead atoms. The van der Waals surface area contributed by atoms with Crippen molar-refractivity contribution in [2.24, 2.45) is 17.8 Å². The SMILES string of the molecule is O=C(CN1CCCSc2ccccc21)NC12CC3CC(CC(C3)C1)C2. The molecule has 1 aromatic rings. The summed E-state index contributed by atoms with van der Waals surface area (Å²) < 4.78 is 0. The summed E-state index contributed by atoms with van der Waals surface area (Å²) in [5.74, 6) is 4.01. The third-order valence-electron chi connectivity index (χ3n) is 6.81. The Hall–Kier alpha value is -1.16. The summed E-state index contributed by atoms with van der Waals surface area (Å²) in [6.07, 6.45) is 9.11. The van der Waals surface area contributed by atoms with Gasteiger partial charge >= 0.3 is 0 Å². The minimum atomic E-state index is 0.131. The first-order valence-electron chi connectivity index (χ1n) is 9.97. The van der Waals surface area contributed by atoms with Gasteiger partial charge in [0.2, 0.25) is 5.91 Å². The number of benzene rings is 1. The second-order valence-electron chi connectivity index (χ2n) is 8.84. The lowest BCUT2D eigenvalue weighted by atomic mass is 9.53. The first-order chi connectivity index (χ1) is 12.2. The van der Waals surface area contributed by atoms with Crippen LogP contribution in [0.4, 0.5) is 5.69 Å². The Morgan fingerprint density at radius 2 is 1.80 bits per heavy atom. The number of rotatable bonds is 3. The number of carbonyl (C=O) groups excluding carboxylic acids is 1. The summed E-state index contributed by atoms with van der Waals surface area (Å²) in [5.41, 5.74) is 1.37. The summed E-state index contributed by atoms with van der Waals surface area (Å²) in [7, 11) is 0. The van der Waals surface area contributed by atoms with E-state index in [9.17, 15) is 4.79 Å². The Kier molecular flexibility index (Phi) is 3.99. The Morgan fingerprint density at radius 3 is 2.52 bits per heavy atom. The molecule has 4 aliphatic carbocycles. The molecule has 1 aromatic carbocycles. The second kappa shape index (κ2) is 6.22. The van der Waals surface area contributed by atoms with Crippen LogP contribution in [0.15, 0.2) is 29.2 Å². The first kappa shape index (κ1) is 16.0. The zero-order chi connectivity index (χ0) is 16.9. The lowest BCUT2D eigenvalue weighted by Gasteiger charge is -2.57. The largest absolute Gasteiger partial charge is 0.361 e. The minimum absolute atomic E-state index is 0.131. The molecule has 0 radical (unpaired) electrons. The Balaban J connectivity index is 1.30. The van der Waals surface area contributed by atoms with E-state index in [4.69, 9.17) is 0 Å². The van der Waals surface area contributed by atoms with Gasteiger partial charge in [-0.15, -0.1) is 11.8 Å². The van der Waals surface area contributed by atoms with Gasteiger partial charge in [0.1, 0.15) is 0 Å². The molecule has 1 aliphatic heterocycles. The van der Waals surface area contributed by atoms with E-state index in [2.05, 4.69) is 34.5 Å². The van der Waals surface area contributed by atoms with Crippen molar-refractivity contribution in [3.8, 4) is 0 Å². The fourth-order valence-electron chi connectivity index (χ4n) is 6.34. The van der Waals surface area contributed by atoms with E-state index >= 15 is 0 Å². The van der Waals surface area contributed by atoms with Crippen LogP contribution in [0.2, 0.25) is 0 Å². The van der Waals surface area contributed by atoms with Crippen molar-refractivity contribution in [1.29, 1.82) is 0 Å². The highest BCUT2D eigenvalue weighted by atomic mass is 32.2. The molecule has 134 valence electrons. The topological polar surface area (TPSA) is 32.3 Å². The summed E-state index contributed by atoms with van der Waals surface area (Å²) in [6.45, 7) is 1.50. The molecule has 1 N–H and O–H groups in total. The number of thioether (sulfide) groups is 1. The molecular weight excluding hydrogens is 328 g/mol. The lowest BCUT2D eigenvalue weighted by molar-refractivity contribution is -0.125. The zero-order valence-electron chi connectivity index (χ0n) is 14.9. The summed E-state index contributed by atoms with van der Waals surface area (Å²) in [5, 5.41) is 3.54. The molecule has 0 saturated heterocycles. The Morgan fingerprint density at radius 1 is 1.12 bits per heavy atom. The van der Waals surface area contributed by atoms with Crippen LogP contribution in [0, 0.1) is 17.8 Å². The van der Waals surface area contributed by atoms with Gasteiger partial charge < -0.3 is 10.2 Å². The van der Waals surface area contributed by atoms with E-state index in [0.29, 0.717) is 6.54 Å². The fourth-order valence-corrected chi connectivity index (χ4v) is 7.35. The third kappa shape index (κ3) is 3.07. The van der Waals surface area contributed by atoms with Crippen molar-refractivity contribution in [3.05, 3.63) is 24.3 Å². The molecule has 4 heteroatoms. The van der Waals surface area contributed by atoms with E-state index < -0.39 is 0 Å². The fraction of sp³-hybridized carbons (Fsp3) is 0.667. The van der Waals surface area contributed by atoms with Gasteiger partial charge in [-0.25, -0.2) is 0 Å². The smallest absolute Gasteiger partial charge is 0.239 e. The number of anilines is 1. The first-order valence-corrected chi connectivity index (χ1v) is 11.0. The molecule has 3 nitrogen and oxygen atoms in total. The highest BCUT2D eigenvalue weighted by molar-refractivity contribution is 7.99. The highest BCUT2D eigenvalue weighted by Crippen LogP contribution is 2.55. The molecule has 0 atom stereocenters. The molecular formula is C21H28N2OS. The van der Waals surface area contributed by atoms with Gasteiger partial charge in [-0.3, -0.25) is 4.79 Å². The second-order valence-corrected chi connectivity index (χ2v) is 9.97. The number of nitrogens with zero attached hydrogens (tertiary/aromatic N) is 1. The molecule has 0 unspecified atom stereocenters. The van der Waals surface area contributed by atoms with Crippen molar-refractivity contribution in [2.45, 2.75) is 55.4 Å². The third-order valence-corrected chi connectivity index (χ3v) is 7.96. The van der Waals surface area contributed by atoms with Crippen molar-refractivity contribution in [3.63, 3.8) is 0 Å². The molecule has 1 amide bonds. The van der Waals surface area contributed by atoms with Crippen LogP contribution in [0.3, 0.4) is 0 Å². The molecule has 4 fully saturated rings. The number of hydrogen-bond acceptors (Lipinski definition) is 3. The van der Waals surface area contributed by atoms with Crippen molar-refractivity contribution in [2.75, 3.05) is 23.7 Å². The van der Waals surface area contributed by atoms with Gasteiger partial charge in [-0.05, 0) is 80.6 Å². The molecule has 25 heavy (non-hydrogen) atoms. The van der Waals surface area contributed by atoms with Gasteiger partial charge in [0.15, 0.2) is 0 Å². The number of fused-ring (bicyclic) bond motifs is 1. The van der Waals surface area contributed by atoms with Crippen molar-refractivity contribution < 1.29 is 4.79 Å². The van der Waals surface area contributed by atoms with Gasteiger partial charge in [0.25, 0.3) is 0 Å². The summed E-state index contributed by atoms with van der Waals surface area (Å²) in [4.78, 5) is 16.6. The molecule has 1 heterocycles. The average Bonchev–Trinajstić information content (AvgIpc) is 2.75. The molecule has 4 saturated carbocycles. The van der Waals surface area contributed by atoms with E-state index in [-0.39, 0.29) is 11.4 Å². The maximum absolute atomic E-state index is 13.0. The van der Waals surface area contributed by atoms with E-state index in [1.807, 2.05) is 11.8 Å². The quantitative estimate of drug-likeness (QED) is 0.886. The van der Waals surface area contributed by atoms with Crippen LogP contribution < -0.4 is 10.2 Å². The van der Waals surface area contributed by atoms with Crippen LogP contribution in [0.25, 0.3) is 0 Å². The Labute approximate surface area is 154 Å². The zero-order valence-corrected chi connectivity index (χ0v) is 15.7. The van der Waals surface area contributed by atoms with Crippen LogP contribution in [0.1, 0.15) is 44.9 Å². The van der Waals surface area contributed by atoms with Gasteiger partial charge in [0, 0.05) is 17.0 Å². The van der Waals surface area contributed by atoms with E-state index in [1.54, 1.807) is 0 Å². The van der Waals surface area contributed by atoms with Crippen molar-refractivity contribution in [1.82, 2.24) is 5.32 Å². The molecule has 6 rings (SSSR count). The molecule has 0 spiro atoms.